The topological polar surface area (TPSA) is 87.5 Å². The summed E-state index contributed by atoms with van der Waals surface area (Å²) in [7, 11) is 0. The lowest BCUT2D eigenvalue weighted by Gasteiger charge is -2.06. The maximum atomic E-state index is 8.59. The number of para-hydroxylation sites is 1. The van der Waals surface area contributed by atoms with Crippen LogP contribution in [-0.2, 0) is 0 Å². The Kier molecular flexibility index (Phi) is 2.79. The van der Waals surface area contributed by atoms with Gasteiger partial charge in [-0.05, 0) is 12.1 Å². The van der Waals surface area contributed by atoms with Crippen molar-refractivity contribution >= 4 is 11.0 Å². The van der Waals surface area contributed by atoms with Gasteiger partial charge in [-0.2, -0.15) is 15.5 Å². The van der Waals surface area contributed by atoms with Crippen molar-refractivity contribution in [1.29, 1.82) is 5.26 Å². The number of benzene rings is 1. The van der Waals surface area contributed by atoms with E-state index in [1.165, 1.54) is 0 Å². The summed E-state index contributed by atoms with van der Waals surface area (Å²) in [5.74, 6) is 1.28. The monoisotopic (exact) mass is 251 g/mol. The van der Waals surface area contributed by atoms with E-state index in [1.54, 1.807) is 18.5 Å². The maximum Gasteiger partial charge on any atom is 0.174 e. The van der Waals surface area contributed by atoms with Crippen LogP contribution in [0, 0.1) is 11.3 Å². The number of imidazole rings is 1. The van der Waals surface area contributed by atoms with Crippen LogP contribution >= 0.6 is 0 Å². The summed E-state index contributed by atoms with van der Waals surface area (Å²) >= 11 is 0. The van der Waals surface area contributed by atoms with E-state index >= 15 is 0 Å². The highest BCUT2D eigenvalue weighted by atomic mass is 16.5. The third-order valence-electron chi connectivity index (χ3n) is 2.63. The number of hydrogen-bond donors (Lipinski definition) is 1. The first-order valence-corrected chi connectivity index (χ1v) is 5.64. The summed E-state index contributed by atoms with van der Waals surface area (Å²) < 4.78 is 5.38. The second kappa shape index (κ2) is 4.74. The lowest BCUT2D eigenvalue weighted by atomic mass is 10.2. The molecule has 2 heterocycles. The van der Waals surface area contributed by atoms with Crippen molar-refractivity contribution in [3.05, 3.63) is 36.7 Å². The Balaban J connectivity index is 2.08. The van der Waals surface area contributed by atoms with Gasteiger partial charge < -0.3 is 9.72 Å². The molecule has 0 amide bonds. The Labute approximate surface area is 108 Å². The van der Waals surface area contributed by atoms with E-state index in [4.69, 9.17) is 10.00 Å². The zero-order valence-electron chi connectivity index (χ0n) is 9.87. The zero-order chi connectivity index (χ0) is 13.1. The molecule has 0 fully saturated rings. The number of nitrogens with one attached hydrogen (secondary N) is 1. The molecule has 0 saturated heterocycles. The molecule has 0 atom stereocenters. The number of aromatic amines is 1. The molecule has 0 aliphatic heterocycles. The van der Waals surface area contributed by atoms with E-state index in [-0.39, 0.29) is 6.61 Å². The molecule has 2 aromatic heterocycles. The molecule has 3 rings (SSSR count). The summed E-state index contributed by atoms with van der Waals surface area (Å²) in [5.41, 5.74) is 2.34. The van der Waals surface area contributed by atoms with Gasteiger partial charge in [0.1, 0.15) is 23.2 Å². The van der Waals surface area contributed by atoms with Crippen LogP contribution in [0.5, 0.6) is 5.75 Å². The van der Waals surface area contributed by atoms with Crippen LogP contribution in [0.2, 0.25) is 0 Å². The third-order valence-corrected chi connectivity index (χ3v) is 2.63. The second-order valence-corrected chi connectivity index (χ2v) is 3.82. The summed E-state index contributed by atoms with van der Waals surface area (Å²) in [6.07, 6.45) is 3.21. The summed E-state index contributed by atoms with van der Waals surface area (Å²) in [5, 5.41) is 16.2. The van der Waals surface area contributed by atoms with Gasteiger partial charge in [0.15, 0.2) is 6.61 Å². The first kappa shape index (κ1) is 11.2. The van der Waals surface area contributed by atoms with E-state index in [2.05, 4.69) is 20.2 Å². The molecule has 0 aliphatic carbocycles. The number of rotatable bonds is 3. The molecule has 92 valence electrons. The summed E-state index contributed by atoms with van der Waals surface area (Å²) in [6, 6.07) is 9.37. The minimum absolute atomic E-state index is 0.000350. The van der Waals surface area contributed by atoms with Crippen LogP contribution in [-0.4, -0.2) is 26.8 Å². The standard InChI is InChI=1S/C13H9N5O/c14-5-6-19-12-4-2-1-3-9(12)13-17-10-7-15-16-8-11(10)18-13/h1-4,7-8H,6H2,(H,17,18). The van der Waals surface area contributed by atoms with E-state index in [9.17, 15) is 0 Å². The maximum absolute atomic E-state index is 8.59. The predicted octanol–water partition coefficient (Wildman–Crippen LogP) is 1.92. The lowest BCUT2D eigenvalue weighted by molar-refractivity contribution is 0.369. The highest BCUT2D eigenvalue weighted by Crippen LogP contribution is 2.28. The number of ether oxygens (including phenoxy) is 1. The van der Waals surface area contributed by atoms with Crippen LogP contribution < -0.4 is 4.74 Å². The molecule has 3 aromatic rings. The van der Waals surface area contributed by atoms with Crippen molar-refractivity contribution in [3.8, 4) is 23.2 Å². The molecule has 0 unspecified atom stereocenters. The third kappa shape index (κ3) is 2.09. The van der Waals surface area contributed by atoms with Crippen LogP contribution in [0.25, 0.3) is 22.4 Å². The first-order chi connectivity index (χ1) is 9.38. The van der Waals surface area contributed by atoms with Gasteiger partial charge in [0, 0.05) is 0 Å². The van der Waals surface area contributed by atoms with Crippen LogP contribution in [0.4, 0.5) is 0 Å². The Morgan fingerprint density at radius 2 is 2.05 bits per heavy atom. The number of hydrogen-bond acceptors (Lipinski definition) is 5. The smallest absolute Gasteiger partial charge is 0.174 e. The minimum Gasteiger partial charge on any atom is -0.478 e. The van der Waals surface area contributed by atoms with Gasteiger partial charge in [-0.15, -0.1) is 0 Å². The second-order valence-electron chi connectivity index (χ2n) is 3.82. The fraction of sp³-hybridized carbons (Fsp3) is 0.0769. The fourth-order valence-electron chi connectivity index (χ4n) is 1.80. The Hall–Kier alpha value is -2.94. The first-order valence-electron chi connectivity index (χ1n) is 5.64. The molecule has 1 N–H and O–H groups in total. The molecule has 6 nitrogen and oxygen atoms in total. The Bertz CT molecular complexity index is 726. The SMILES string of the molecule is N#CCOc1ccccc1-c1nc2cnncc2[nH]1. The van der Waals surface area contributed by atoms with Crippen LogP contribution in [0.1, 0.15) is 0 Å². The number of nitrogens with zero attached hydrogens (tertiary/aromatic N) is 4. The quantitative estimate of drug-likeness (QED) is 0.768. The summed E-state index contributed by atoms with van der Waals surface area (Å²) in [6.45, 7) is 0.000350. The van der Waals surface area contributed by atoms with Crippen molar-refractivity contribution in [1.82, 2.24) is 20.2 Å². The van der Waals surface area contributed by atoms with Gasteiger partial charge in [-0.3, -0.25) is 0 Å². The molecule has 0 radical (unpaired) electrons. The van der Waals surface area contributed by atoms with Crippen LogP contribution in [0.15, 0.2) is 36.7 Å². The van der Waals surface area contributed by atoms with E-state index in [1.807, 2.05) is 24.3 Å². The van der Waals surface area contributed by atoms with Crippen molar-refractivity contribution < 1.29 is 4.74 Å². The average Bonchev–Trinajstić information content (AvgIpc) is 2.89. The molecule has 6 heteroatoms. The number of fused-ring (bicyclic) bond motifs is 1. The fourth-order valence-corrected chi connectivity index (χ4v) is 1.80. The van der Waals surface area contributed by atoms with Crippen molar-refractivity contribution in [3.63, 3.8) is 0 Å². The number of H-pyrrole nitrogens is 1. The largest absolute Gasteiger partial charge is 0.478 e. The van der Waals surface area contributed by atoms with Gasteiger partial charge in [0.2, 0.25) is 0 Å². The molecule has 0 spiro atoms. The molecule has 0 bridgehead atoms. The van der Waals surface area contributed by atoms with Gasteiger partial charge in [0.05, 0.1) is 23.5 Å². The Morgan fingerprint density at radius 1 is 1.21 bits per heavy atom. The van der Waals surface area contributed by atoms with Crippen LogP contribution in [0.3, 0.4) is 0 Å². The van der Waals surface area contributed by atoms with Crippen molar-refractivity contribution in [2.45, 2.75) is 0 Å². The van der Waals surface area contributed by atoms with Gasteiger partial charge >= 0.3 is 0 Å². The molecule has 19 heavy (non-hydrogen) atoms. The number of aromatic nitrogens is 4. The Morgan fingerprint density at radius 3 is 2.89 bits per heavy atom. The number of nitriles is 1. The van der Waals surface area contributed by atoms with Gasteiger partial charge in [-0.25, -0.2) is 4.98 Å². The molecule has 1 aromatic carbocycles. The molecular formula is C13H9N5O. The normalized spacial score (nSPS) is 10.3. The lowest BCUT2D eigenvalue weighted by Crippen LogP contribution is -1.95. The highest BCUT2D eigenvalue weighted by Gasteiger charge is 2.10. The predicted molar refractivity (Wildman–Crippen MR) is 68.2 cm³/mol. The molecular weight excluding hydrogens is 242 g/mol. The molecule has 0 aliphatic rings. The van der Waals surface area contributed by atoms with E-state index in [0.29, 0.717) is 11.6 Å². The summed E-state index contributed by atoms with van der Waals surface area (Å²) in [4.78, 5) is 7.58. The van der Waals surface area contributed by atoms with E-state index < -0.39 is 0 Å². The molecule has 0 saturated carbocycles. The highest BCUT2D eigenvalue weighted by molar-refractivity contribution is 5.79. The van der Waals surface area contributed by atoms with Crippen molar-refractivity contribution in [2.75, 3.05) is 6.61 Å². The van der Waals surface area contributed by atoms with Gasteiger partial charge in [0.25, 0.3) is 0 Å². The van der Waals surface area contributed by atoms with Gasteiger partial charge in [-0.1, -0.05) is 12.1 Å². The average molecular weight is 251 g/mol. The minimum atomic E-state index is 0.000350. The van der Waals surface area contributed by atoms with Crippen molar-refractivity contribution in [2.24, 2.45) is 0 Å². The zero-order valence-corrected chi connectivity index (χ0v) is 9.87. The van der Waals surface area contributed by atoms with E-state index in [0.717, 1.165) is 16.6 Å².